The van der Waals surface area contributed by atoms with E-state index in [9.17, 15) is 9.18 Å². The quantitative estimate of drug-likeness (QED) is 0.343. The summed E-state index contributed by atoms with van der Waals surface area (Å²) < 4.78 is 14.1. The largest absolute Gasteiger partial charge is 0.274 e. The normalized spacial score (nSPS) is 11.7. The molecule has 0 radical (unpaired) electrons. The van der Waals surface area contributed by atoms with Crippen molar-refractivity contribution in [1.82, 2.24) is 19.5 Å². The van der Waals surface area contributed by atoms with E-state index in [0.29, 0.717) is 11.5 Å². The summed E-state index contributed by atoms with van der Waals surface area (Å²) in [6, 6.07) is 0. The Hall–Kier alpha value is -0.360. The minimum atomic E-state index is -0.700. The van der Waals surface area contributed by atoms with E-state index in [1.54, 1.807) is 0 Å². The van der Waals surface area contributed by atoms with E-state index in [4.69, 9.17) is 11.6 Å². The number of rotatable bonds is 2. The predicted octanol–water partition coefficient (Wildman–Crippen LogP) is 3.84. The number of carbonyl (C=O) groups excluding carboxylic acids is 1. The van der Waals surface area contributed by atoms with Crippen molar-refractivity contribution in [2.24, 2.45) is 0 Å². The van der Waals surface area contributed by atoms with Crippen molar-refractivity contribution in [3.63, 3.8) is 0 Å². The molecule has 0 aliphatic rings. The Balaban J connectivity index is 2.58. The van der Waals surface area contributed by atoms with Gasteiger partial charge < -0.3 is 0 Å². The third-order valence-corrected chi connectivity index (χ3v) is 3.60. The van der Waals surface area contributed by atoms with E-state index >= 15 is 0 Å². The number of alkyl halides is 2. The van der Waals surface area contributed by atoms with Gasteiger partial charge in [-0.2, -0.15) is 0 Å². The molecule has 0 bridgehead atoms. The van der Waals surface area contributed by atoms with Gasteiger partial charge in [0.1, 0.15) is 12.9 Å². The van der Waals surface area contributed by atoms with Crippen LogP contribution in [-0.2, 0) is 1.43 Å². The van der Waals surface area contributed by atoms with Crippen molar-refractivity contribution in [3.8, 4) is 11.5 Å². The van der Waals surface area contributed by atoms with Crippen molar-refractivity contribution < 1.29 is 9.18 Å². The van der Waals surface area contributed by atoms with Crippen LogP contribution in [0, 0.1) is 5.82 Å². The molecule has 2 aromatic rings. The fourth-order valence-electron chi connectivity index (χ4n) is 1.51. The first-order chi connectivity index (χ1) is 9.20. The minimum Gasteiger partial charge on any atom is -0.274 e. The lowest BCUT2D eigenvalue weighted by molar-refractivity contribution is 0.0933. The van der Waals surface area contributed by atoms with E-state index in [1.165, 1.54) is 17.7 Å². The Morgan fingerprint density at radius 3 is 2.55 bits per heavy atom. The van der Waals surface area contributed by atoms with Crippen LogP contribution in [-0.4, -0.2) is 25.4 Å². The first-order valence-corrected chi connectivity index (χ1v) is 7.90. The van der Waals surface area contributed by atoms with Crippen molar-refractivity contribution >= 4 is 62.7 Å². The van der Waals surface area contributed by atoms with Crippen LogP contribution in [0.4, 0.5) is 4.39 Å². The summed E-state index contributed by atoms with van der Waals surface area (Å²) in [5.41, 5.74) is 0.372. The molecule has 0 aliphatic heterocycles. The van der Waals surface area contributed by atoms with Gasteiger partial charge >= 0.3 is 0 Å². The van der Waals surface area contributed by atoms with Gasteiger partial charge in [-0.15, -0.1) is 0 Å². The molecule has 20 heavy (non-hydrogen) atoms. The highest BCUT2D eigenvalue weighted by Gasteiger charge is 2.28. The van der Waals surface area contributed by atoms with Crippen LogP contribution in [0.3, 0.4) is 0 Å². The summed E-state index contributed by atoms with van der Waals surface area (Å²) >= 11 is 9.97. The van der Waals surface area contributed by atoms with Gasteiger partial charge in [0.2, 0.25) is 5.91 Å². The van der Waals surface area contributed by atoms with Crippen LogP contribution in [0.5, 0.6) is 0 Å². The fraction of sp³-hybridized carbons (Fsp3) is 0.273. The first-order valence-electron chi connectivity index (χ1n) is 5.37. The molecule has 0 saturated heterocycles. The summed E-state index contributed by atoms with van der Waals surface area (Å²) in [5, 5.41) is -0.277. The maximum absolute atomic E-state index is 13.1. The summed E-state index contributed by atoms with van der Waals surface area (Å²) in [4.78, 5) is 23.7. The second-order valence-electron chi connectivity index (χ2n) is 4.06. The molecule has 0 fully saturated rings. The Morgan fingerprint density at radius 1 is 1.45 bits per heavy atom. The number of halogens is 4. The maximum atomic E-state index is 13.1. The van der Waals surface area contributed by atoms with Crippen LogP contribution in [0.15, 0.2) is 12.4 Å². The average molecular weight is 520 g/mol. The molecule has 0 aliphatic carbocycles. The Morgan fingerprint density at radius 2 is 2.10 bits per heavy atom. The van der Waals surface area contributed by atoms with Crippen molar-refractivity contribution in [2.75, 3.05) is 0 Å². The van der Waals surface area contributed by atoms with Crippen LogP contribution >= 0.6 is 56.8 Å². The number of hydrogen-bond acceptors (Lipinski definition) is 4. The second-order valence-corrected chi connectivity index (χ2v) is 10.8. The van der Waals surface area contributed by atoms with Crippen LogP contribution in [0.2, 0.25) is 5.15 Å². The zero-order chi connectivity index (χ0) is 15.1. The molecule has 9 heteroatoms. The highest BCUT2D eigenvalue weighted by molar-refractivity contribution is 14.2. The molecule has 5 nitrogen and oxygen atoms in total. The van der Waals surface area contributed by atoms with E-state index in [1.807, 2.05) is 6.92 Å². The summed E-state index contributed by atoms with van der Waals surface area (Å²) in [7, 11) is 0. The van der Waals surface area contributed by atoms with Crippen molar-refractivity contribution in [1.29, 1.82) is 0 Å². The molecule has 0 spiro atoms. The highest BCUT2D eigenvalue weighted by Crippen LogP contribution is 2.38. The van der Waals surface area contributed by atoms with Gasteiger partial charge in [-0.05, 0) is 6.92 Å². The molecule has 0 atom stereocenters. The molecular weight excluding hydrogens is 512 g/mol. The van der Waals surface area contributed by atoms with Gasteiger partial charge in [0, 0.05) is 13.1 Å². The van der Waals surface area contributed by atoms with Gasteiger partial charge in [-0.1, -0.05) is 56.8 Å². The molecule has 2 aromatic heterocycles. The fourth-order valence-corrected chi connectivity index (χ4v) is 2.40. The Kier molecular flexibility index (Phi) is 4.64. The van der Waals surface area contributed by atoms with Gasteiger partial charge in [0.25, 0.3) is 0 Å². The van der Waals surface area contributed by atoms with Crippen LogP contribution < -0.4 is 0 Å². The number of nitrogens with zero attached hydrogens (tertiary/aromatic N) is 4. The molecule has 0 aromatic carbocycles. The monoisotopic (exact) mass is 520 g/mol. The molecule has 106 valence electrons. The maximum Gasteiger partial charge on any atom is 0.228 e. The second kappa shape index (κ2) is 5.79. The minimum absolute atomic E-state index is 0.175. The van der Waals surface area contributed by atoms with Gasteiger partial charge in [0.15, 0.2) is 16.8 Å². The van der Waals surface area contributed by atoms with E-state index in [-0.39, 0.29) is 18.3 Å². The zero-order valence-electron chi connectivity index (χ0n) is 10.4. The molecule has 2 heterocycles. The first kappa shape index (κ1) is 16.0. The number of imidazole rings is 1. The van der Waals surface area contributed by atoms with Gasteiger partial charge in [-0.3, -0.25) is 9.36 Å². The molecule has 0 unspecified atom stereocenters. The zero-order valence-corrected chi connectivity index (χ0v) is 15.4. The summed E-state index contributed by atoms with van der Waals surface area (Å²) in [6.45, 7) is 3.35. The van der Waals surface area contributed by atoms with Crippen LogP contribution in [0.25, 0.3) is 11.5 Å². The highest BCUT2D eigenvalue weighted by atomic mass is 127. The number of hydrogen-bond donors (Lipinski definition) is 0. The lowest BCUT2D eigenvalue weighted by Gasteiger charge is -2.13. The Bertz CT molecular complexity index is 684. The van der Waals surface area contributed by atoms with Gasteiger partial charge in [0.05, 0.1) is 6.20 Å². The van der Waals surface area contributed by atoms with Crippen molar-refractivity contribution in [2.45, 2.75) is 15.3 Å². The Labute approximate surface area is 146 Å². The lowest BCUT2D eigenvalue weighted by Crippen LogP contribution is -2.16. The molecule has 0 saturated carbocycles. The molecule has 0 amide bonds. The smallest absolute Gasteiger partial charge is 0.228 e. The van der Waals surface area contributed by atoms with E-state index < -0.39 is 5.82 Å². The summed E-state index contributed by atoms with van der Waals surface area (Å²) in [5.74, 6) is -0.138. The number of carbonyl (C=O) groups is 1. The predicted molar refractivity (Wildman–Crippen MR) is 89.9 cm³/mol. The number of aromatic nitrogens is 4. The average Bonchev–Trinajstić information content (AvgIpc) is 2.77. The van der Waals surface area contributed by atoms with Gasteiger partial charge in [-0.25, -0.2) is 19.3 Å². The molecule has 0 N–H and O–H groups in total. The third-order valence-electron chi connectivity index (χ3n) is 2.37. The molecular formula is C11H8ClFI2N4O. The standard InChI is InChI=1S/C11H8ClFI2N4O/c1-5(20)19-4-7(17-10(19)11(2,14)15)9-16-3-6(13)8(12)18-9/h3-4H,1-2H3. The van der Waals surface area contributed by atoms with Crippen molar-refractivity contribution in [3.05, 3.63) is 29.2 Å². The topological polar surface area (TPSA) is 60.7 Å². The van der Waals surface area contributed by atoms with Crippen LogP contribution in [0.1, 0.15) is 24.5 Å². The lowest BCUT2D eigenvalue weighted by atomic mass is 10.4. The molecule has 2 rings (SSSR count). The van der Waals surface area contributed by atoms with E-state index in [0.717, 1.165) is 6.20 Å². The summed E-state index contributed by atoms with van der Waals surface area (Å²) in [6.07, 6.45) is 2.50. The van der Waals surface area contributed by atoms with E-state index in [2.05, 4.69) is 60.1 Å². The SMILES string of the molecule is CC(=O)n1cc(-c2ncc(F)c(Cl)n2)nc1C(C)(I)I. The third kappa shape index (κ3) is 3.27.